The van der Waals surface area contributed by atoms with Gasteiger partial charge < -0.3 is 20.1 Å². The van der Waals surface area contributed by atoms with Crippen molar-refractivity contribution >= 4 is 25.9 Å². The summed E-state index contributed by atoms with van der Waals surface area (Å²) in [7, 11) is -1.51. The third-order valence-corrected chi connectivity index (χ3v) is 3.59. The molecule has 0 aliphatic heterocycles. The number of methoxy groups -OCH3 is 1. The number of carbonyl (C=O) groups excluding carboxylic acids is 1. The predicted molar refractivity (Wildman–Crippen MR) is 99.0 cm³/mol. The number of rotatable bonds is 7. The van der Waals surface area contributed by atoms with Crippen molar-refractivity contribution in [3.63, 3.8) is 0 Å². The van der Waals surface area contributed by atoms with E-state index >= 15 is 0 Å². The van der Waals surface area contributed by atoms with E-state index in [-0.39, 0.29) is 13.0 Å². The highest BCUT2D eigenvalue weighted by molar-refractivity contribution is 7.52. The minimum Gasteiger partial charge on any atom is -0.438 e. The number of nitrogens with zero attached hydrogens (tertiary/aromatic N) is 1. The molecular formula is C16H26FN2O6P. The molecule has 0 bridgehead atoms. The van der Waals surface area contributed by atoms with Gasteiger partial charge in [-0.3, -0.25) is 9.55 Å². The number of ether oxygens (including phenoxy) is 2. The van der Waals surface area contributed by atoms with Crippen molar-refractivity contribution in [2.75, 3.05) is 26.9 Å². The molecule has 0 aliphatic carbocycles. The van der Waals surface area contributed by atoms with E-state index in [9.17, 15) is 13.9 Å². The first kappa shape index (κ1) is 26.2. The number of allylic oxidation sites excluding steroid dienone is 1. The largest absolute Gasteiger partial charge is 0.507 e. The van der Waals surface area contributed by atoms with Gasteiger partial charge in [-0.05, 0) is 42.6 Å². The van der Waals surface area contributed by atoms with E-state index in [2.05, 4.69) is 31.5 Å². The van der Waals surface area contributed by atoms with E-state index in [0.29, 0.717) is 0 Å². The zero-order valence-corrected chi connectivity index (χ0v) is 16.0. The highest BCUT2D eigenvalue weighted by Gasteiger charge is 2.19. The van der Waals surface area contributed by atoms with E-state index in [0.717, 1.165) is 18.4 Å². The quantitative estimate of drug-likeness (QED) is 0.410. The number of hydrogen-bond acceptors (Lipinski definition) is 7. The Morgan fingerprint density at radius 1 is 1.50 bits per heavy atom. The minimum absolute atomic E-state index is 0.0206. The fourth-order valence-electron chi connectivity index (χ4n) is 1.41. The molecule has 1 rings (SSSR count). The number of aromatic nitrogens is 1. The van der Waals surface area contributed by atoms with Crippen LogP contribution in [0.25, 0.3) is 12.2 Å². The monoisotopic (exact) mass is 392 g/mol. The molecule has 1 aromatic rings. The van der Waals surface area contributed by atoms with Crippen LogP contribution in [0, 0.1) is 0 Å². The first-order chi connectivity index (χ1) is 12.4. The van der Waals surface area contributed by atoms with E-state index in [1.165, 1.54) is 7.05 Å². The standard InChI is InChI=1S/C10H11N.C5H10FO6P.CH5N/c1-3-6-10-9(4-2)7-5-8-11-10;1-10-5(7)11-3-2-4-13(8,9)12-6;1-2/h3-8H,2H2,1H3;2-4H2,1H3,(H,8,9);2H2,1H3/b6-3-;;. The van der Waals surface area contributed by atoms with Crippen molar-refractivity contribution in [1.29, 1.82) is 0 Å². The van der Waals surface area contributed by atoms with Gasteiger partial charge in [0, 0.05) is 6.20 Å². The summed E-state index contributed by atoms with van der Waals surface area (Å²) in [6, 6.07) is 3.90. The molecule has 8 nitrogen and oxygen atoms in total. The maximum atomic E-state index is 11.3. The molecule has 1 atom stereocenters. The molecule has 3 N–H and O–H groups in total. The van der Waals surface area contributed by atoms with Crippen LogP contribution in [-0.4, -0.2) is 43.0 Å². The van der Waals surface area contributed by atoms with Gasteiger partial charge in [-0.15, -0.1) is 4.73 Å². The molecule has 0 saturated carbocycles. The lowest BCUT2D eigenvalue weighted by atomic mass is 10.2. The second kappa shape index (κ2) is 16.4. The zero-order chi connectivity index (χ0) is 20.4. The maximum absolute atomic E-state index is 11.3. The normalized spacial score (nSPS) is 11.9. The van der Waals surface area contributed by atoms with Crippen LogP contribution in [0.15, 0.2) is 31.0 Å². The molecular weight excluding hydrogens is 366 g/mol. The number of pyridine rings is 1. The third kappa shape index (κ3) is 13.3. The van der Waals surface area contributed by atoms with Gasteiger partial charge in [0.15, 0.2) is 0 Å². The average molecular weight is 392 g/mol. The molecule has 26 heavy (non-hydrogen) atoms. The van der Waals surface area contributed by atoms with Gasteiger partial charge in [0.25, 0.3) is 0 Å². The van der Waals surface area contributed by atoms with Crippen LogP contribution in [-0.2, 0) is 18.8 Å². The molecule has 0 aliphatic rings. The smallest absolute Gasteiger partial charge is 0.438 e. The van der Waals surface area contributed by atoms with Gasteiger partial charge in [-0.25, -0.2) is 4.79 Å². The van der Waals surface area contributed by atoms with Crippen molar-refractivity contribution in [3.8, 4) is 0 Å². The summed E-state index contributed by atoms with van der Waals surface area (Å²) >= 11 is 0. The van der Waals surface area contributed by atoms with E-state index in [1.54, 1.807) is 6.20 Å². The van der Waals surface area contributed by atoms with Crippen LogP contribution in [0.3, 0.4) is 0 Å². The van der Waals surface area contributed by atoms with Gasteiger partial charge in [0.2, 0.25) is 0 Å². The zero-order valence-electron chi connectivity index (χ0n) is 15.1. The number of carbonyl (C=O) groups is 1. The molecule has 10 heteroatoms. The molecule has 0 radical (unpaired) electrons. The van der Waals surface area contributed by atoms with Crippen molar-refractivity contribution in [2.24, 2.45) is 5.73 Å². The lowest BCUT2D eigenvalue weighted by molar-refractivity contribution is -0.0192. The molecule has 0 saturated heterocycles. The molecule has 0 spiro atoms. The highest BCUT2D eigenvalue weighted by Crippen LogP contribution is 2.42. The Kier molecular flexibility index (Phi) is 16.5. The number of halogens is 1. The van der Waals surface area contributed by atoms with Gasteiger partial charge in [0.1, 0.15) is 0 Å². The first-order valence-electron chi connectivity index (χ1n) is 7.51. The summed E-state index contributed by atoms with van der Waals surface area (Å²) in [6.45, 7) is 5.55. The molecule has 1 heterocycles. The van der Waals surface area contributed by atoms with Crippen molar-refractivity contribution in [1.82, 2.24) is 4.98 Å². The lowest BCUT2D eigenvalue weighted by Crippen LogP contribution is -2.06. The van der Waals surface area contributed by atoms with Crippen LogP contribution >= 0.6 is 7.60 Å². The van der Waals surface area contributed by atoms with Gasteiger partial charge in [-0.1, -0.05) is 24.8 Å². The first-order valence-corrected chi connectivity index (χ1v) is 9.27. The van der Waals surface area contributed by atoms with Crippen molar-refractivity contribution in [3.05, 3.63) is 42.2 Å². The second-order valence-corrected chi connectivity index (χ2v) is 6.13. The predicted octanol–water partition coefficient (Wildman–Crippen LogP) is 3.58. The highest BCUT2D eigenvalue weighted by atomic mass is 31.2. The fourth-order valence-corrected chi connectivity index (χ4v) is 2.01. The summed E-state index contributed by atoms with van der Waals surface area (Å²) in [5.74, 6) is 0. The van der Waals surface area contributed by atoms with E-state index in [1.807, 2.05) is 37.3 Å². The van der Waals surface area contributed by atoms with Crippen LogP contribution < -0.4 is 5.73 Å². The maximum Gasteiger partial charge on any atom is 0.507 e. The second-order valence-electron chi connectivity index (χ2n) is 4.27. The molecule has 1 aromatic heterocycles. The van der Waals surface area contributed by atoms with Gasteiger partial charge >= 0.3 is 13.8 Å². The Balaban J connectivity index is 0. The number of nitrogens with two attached hydrogens (primary N) is 1. The molecule has 0 amide bonds. The van der Waals surface area contributed by atoms with E-state index < -0.39 is 19.9 Å². The molecule has 0 fully saturated rings. The van der Waals surface area contributed by atoms with Crippen molar-refractivity contribution in [2.45, 2.75) is 13.3 Å². The summed E-state index contributed by atoms with van der Waals surface area (Å²) in [4.78, 5) is 23.0. The fraction of sp³-hybridized carbons (Fsp3) is 0.375. The Morgan fingerprint density at radius 3 is 2.65 bits per heavy atom. The van der Waals surface area contributed by atoms with E-state index in [4.69, 9.17) is 4.89 Å². The average Bonchev–Trinajstić information content (AvgIpc) is 2.68. The van der Waals surface area contributed by atoms with Crippen LogP contribution in [0.5, 0.6) is 0 Å². The number of hydrogen-bond donors (Lipinski definition) is 2. The Hall–Kier alpha value is -2.06. The Bertz CT molecular complexity index is 598. The summed E-state index contributed by atoms with van der Waals surface area (Å²) in [5, 5.41) is 0. The molecule has 148 valence electrons. The molecule has 1 unspecified atom stereocenters. The van der Waals surface area contributed by atoms with Crippen molar-refractivity contribution < 1.29 is 33.0 Å². The summed E-state index contributed by atoms with van der Waals surface area (Å²) in [5.41, 5.74) is 6.55. The summed E-state index contributed by atoms with van der Waals surface area (Å²) < 4.78 is 33.0. The van der Waals surface area contributed by atoms with Gasteiger partial charge in [0.05, 0.1) is 25.6 Å². The molecule has 0 aromatic carbocycles. The Labute approximate surface area is 152 Å². The SMILES string of the molecule is C=Cc1cccnc1/C=C\C.CN.COC(=O)OCCCP(=O)(O)OF. The topological polar surface area (TPSA) is 121 Å². The minimum atomic E-state index is -4.14. The third-order valence-electron chi connectivity index (χ3n) is 2.50. The Morgan fingerprint density at radius 2 is 2.15 bits per heavy atom. The van der Waals surface area contributed by atoms with Crippen LogP contribution in [0.1, 0.15) is 24.6 Å². The van der Waals surface area contributed by atoms with Gasteiger partial charge in [-0.2, -0.15) is 0 Å². The van der Waals surface area contributed by atoms with Crippen LogP contribution in [0.2, 0.25) is 0 Å². The summed E-state index contributed by atoms with van der Waals surface area (Å²) in [6.07, 6.45) is 6.23. The lowest BCUT2D eigenvalue weighted by Gasteiger charge is -2.05. The van der Waals surface area contributed by atoms with Crippen LogP contribution in [0.4, 0.5) is 9.32 Å².